The van der Waals surface area contributed by atoms with Crippen LogP contribution in [0.3, 0.4) is 0 Å². The fourth-order valence-electron chi connectivity index (χ4n) is 1.32. The summed E-state index contributed by atoms with van der Waals surface area (Å²) in [6.07, 6.45) is 3.65. The third-order valence-electron chi connectivity index (χ3n) is 2.28. The molecule has 0 fully saturated rings. The number of carboxylic acids is 1. The molecular formula is C14H18O3. The summed E-state index contributed by atoms with van der Waals surface area (Å²) in [6, 6.07) is 7.42. The molecule has 1 aromatic rings. The van der Waals surface area contributed by atoms with Crippen molar-refractivity contribution in [2.45, 2.75) is 20.3 Å². The van der Waals surface area contributed by atoms with Crippen molar-refractivity contribution in [3.63, 3.8) is 0 Å². The lowest BCUT2D eigenvalue weighted by molar-refractivity contribution is -0.131. The molecule has 0 heterocycles. The Bertz CT molecular complexity index is 394. The van der Waals surface area contributed by atoms with Crippen LogP contribution in [-0.4, -0.2) is 17.7 Å². The zero-order valence-corrected chi connectivity index (χ0v) is 10.2. The van der Waals surface area contributed by atoms with Gasteiger partial charge in [0, 0.05) is 11.6 Å². The minimum absolute atomic E-state index is 0.594. The van der Waals surface area contributed by atoms with Crippen molar-refractivity contribution in [3.05, 3.63) is 35.9 Å². The number of hydrogen-bond acceptors (Lipinski definition) is 2. The van der Waals surface area contributed by atoms with Gasteiger partial charge in [-0.1, -0.05) is 32.0 Å². The van der Waals surface area contributed by atoms with Crippen LogP contribution >= 0.6 is 0 Å². The van der Waals surface area contributed by atoms with E-state index in [2.05, 4.69) is 13.8 Å². The lowest BCUT2D eigenvalue weighted by Crippen LogP contribution is -2.02. The number of carboxylic acid groups (broad SMARTS) is 1. The van der Waals surface area contributed by atoms with Crippen molar-refractivity contribution in [3.8, 4) is 5.75 Å². The van der Waals surface area contributed by atoms with E-state index in [0.29, 0.717) is 12.5 Å². The largest absolute Gasteiger partial charge is 0.493 e. The highest BCUT2D eigenvalue weighted by Crippen LogP contribution is 2.20. The van der Waals surface area contributed by atoms with Gasteiger partial charge in [-0.15, -0.1) is 0 Å². The zero-order chi connectivity index (χ0) is 12.7. The van der Waals surface area contributed by atoms with E-state index in [1.807, 2.05) is 24.3 Å². The smallest absolute Gasteiger partial charge is 0.328 e. The van der Waals surface area contributed by atoms with Gasteiger partial charge in [-0.3, -0.25) is 0 Å². The van der Waals surface area contributed by atoms with Crippen molar-refractivity contribution in [1.82, 2.24) is 0 Å². The summed E-state index contributed by atoms with van der Waals surface area (Å²) in [5.74, 6) is 0.365. The molecule has 0 amide bonds. The zero-order valence-electron chi connectivity index (χ0n) is 10.2. The minimum atomic E-state index is -0.956. The van der Waals surface area contributed by atoms with Crippen molar-refractivity contribution < 1.29 is 14.6 Å². The predicted octanol–water partition coefficient (Wildman–Crippen LogP) is 3.21. The second-order valence-electron chi connectivity index (χ2n) is 4.24. The Morgan fingerprint density at radius 3 is 2.76 bits per heavy atom. The fraction of sp³-hybridized carbons (Fsp3) is 0.357. The van der Waals surface area contributed by atoms with Gasteiger partial charge in [0.2, 0.25) is 0 Å². The first-order valence-electron chi connectivity index (χ1n) is 5.72. The summed E-state index contributed by atoms with van der Waals surface area (Å²) in [6.45, 7) is 4.93. The number of para-hydroxylation sites is 1. The molecule has 0 saturated heterocycles. The average Bonchev–Trinajstić information content (AvgIpc) is 2.27. The van der Waals surface area contributed by atoms with Crippen LogP contribution in [0.2, 0.25) is 0 Å². The van der Waals surface area contributed by atoms with Crippen LogP contribution in [0.25, 0.3) is 6.08 Å². The maximum Gasteiger partial charge on any atom is 0.328 e. The van der Waals surface area contributed by atoms with Crippen LogP contribution in [0.1, 0.15) is 25.8 Å². The van der Waals surface area contributed by atoms with Crippen LogP contribution < -0.4 is 4.74 Å². The molecule has 0 unspecified atom stereocenters. The van der Waals surface area contributed by atoms with Crippen LogP contribution in [0.5, 0.6) is 5.75 Å². The van der Waals surface area contributed by atoms with Crippen molar-refractivity contribution >= 4 is 12.0 Å². The topological polar surface area (TPSA) is 46.5 Å². The normalized spacial score (nSPS) is 11.0. The number of aliphatic carboxylic acids is 1. The summed E-state index contributed by atoms with van der Waals surface area (Å²) in [4.78, 5) is 10.5. The maximum atomic E-state index is 10.5. The van der Waals surface area contributed by atoms with E-state index >= 15 is 0 Å². The molecule has 0 aliphatic heterocycles. The molecule has 0 aliphatic carbocycles. The van der Waals surface area contributed by atoms with E-state index < -0.39 is 5.97 Å². The first kappa shape index (κ1) is 13.3. The molecule has 1 aromatic carbocycles. The SMILES string of the molecule is CC(C)CCOc1ccccc1C=CC(=O)O. The lowest BCUT2D eigenvalue weighted by Gasteiger charge is -2.10. The molecule has 0 spiro atoms. The molecule has 0 aromatic heterocycles. The van der Waals surface area contributed by atoms with Gasteiger partial charge in [-0.2, -0.15) is 0 Å². The highest BCUT2D eigenvalue weighted by Gasteiger charge is 2.01. The fourth-order valence-corrected chi connectivity index (χ4v) is 1.32. The molecule has 0 atom stereocenters. The first-order valence-corrected chi connectivity index (χ1v) is 5.72. The van der Waals surface area contributed by atoms with E-state index in [1.165, 1.54) is 0 Å². The average molecular weight is 234 g/mol. The van der Waals surface area contributed by atoms with E-state index in [9.17, 15) is 4.79 Å². The van der Waals surface area contributed by atoms with Crippen LogP contribution in [0.15, 0.2) is 30.3 Å². The Labute approximate surface area is 102 Å². The standard InChI is InChI=1S/C14H18O3/c1-11(2)9-10-17-13-6-4-3-5-12(13)7-8-14(15)16/h3-8,11H,9-10H2,1-2H3,(H,15,16). The number of hydrogen-bond donors (Lipinski definition) is 1. The van der Waals surface area contributed by atoms with Gasteiger partial charge < -0.3 is 9.84 Å². The summed E-state index contributed by atoms with van der Waals surface area (Å²) < 4.78 is 5.64. The Morgan fingerprint density at radius 2 is 2.12 bits per heavy atom. The Kier molecular flexibility index (Phi) is 5.27. The number of rotatable bonds is 6. The molecule has 0 radical (unpaired) electrons. The van der Waals surface area contributed by atoms with Gasteiger partial charge in [-0.05, 0) is 24.5 Å². The molecular weight excluding hydrogens is 216 g/mol. The number of carbonyl (C=O) groups is 1. The number of benzene rings is 1. The van der Waals surface area contributed by atoms with Gasteiger partial charge in [0.15, 0.2) is 0 Å². The summed E-state index contributed by atoms with van der Waals surface area (Å²) in [7, 11) is 0. The third kappa shape index (κ3) is 5.20. The second-order valence-corrected chi connectivity index (χ2v) is 4.24. The van der Waals surface area contributed by atoms with E-state index in [1.54, 1.807) is 6.08 Å². The minimum Gasteiger partial charge on any atom is -0.493 e. The van der Waals surface area contributed by atoms with Gasteiger partial charge in [0.1, 0.15) is 5.75 Å². The molecule has 1 rings (SSSR count). The van der Waals surface area contributed by atoms with Crippen LogP contribution in [-0.2, 0) is 4.79 Å². The van der Waals surface area contributed by atoms with Crippen LogP contribution in [0.4, 0.5) is 0 Å². The molecule has 0 aliphatic rings. The Morgan fingerprint density at radius 1 is 1.41 bits per heavy atom. The van der Waals surface area contributed by atoms with E-state index in [4.69, 9.17) is 9.84 Å². The molecule has 1 N–H and O–H groups in total. The van der Waals surface area contributed by atoms with Gasteiger partial charge in [0.05, 0.1) is 6.61 Å². The Hall–Kier alpha value is -1.77. The lowest BCUT2D eigenvalue weighted by atomic mass is 10.1. The predicted molar refractivity (Wildman–Crippen MR) is 68.1 cm³/mol. The molecule has 3 heteroatoms. The van der Waals surface area contributed by atoms with Crippen molar-refractivity contribution in [2.75, 3.05) is 6.61 Å². The molecule has 17 heavy (non-hydrogen) atoms. The summed E-state index contributed by atoms with van der Waals surface area (Å²) >= 11 is 0. The van der Waals surface area contributed by atoms with E-state index in [-0.39, 0.29) is 0 Å². The quantitative estimate of drug-likeness (QED) is 0.769. The van der Waals surface area contributed by atoms with E-state index in [0.717, 1.165) is 23.8 Å². The molecule has 3 nitrogen and oxygen atoms in total. The molecule has 92 valence electrons. The second kappa shape index (κ2) is 6.74. The maximum absolute atomic E-state index is 10.5. The molecule has 0 saturated carbocycles. The first-order chi connectivity index (χ1) is 8.09. The summed E-state index contributed by atoms with van der Waals surface area (Å²) in [5.41, 5.74) is 0.790. The van der Waals surface area contributed by atoms with Gasteiger partial charge in [-0.25, -0.2) is 4.79 Å². The van der Waals surface area contributed by atoms with Crippen LogP contribution in [0, 0.1) is 5.92 Å². The number of ether oxygens (including phenoxy) is 1. The van der Waals surface area contributed by atoms with Gasteiger partial charge in [0.25, 0.3) is 0 Å². The molecule has 0 bridgehead atoms. The highest BCUT2D eigenvalue weighted by atomic mass is 16.5. The monoisotopic (exact) mass is 234 g/mol. The highest BCUT2D eigenvalue weighted by molar-refractivity contribution is 5.85. The van der Waals surface area contributed by atoms with Gasteiger partial charge >= 0.3 is 5.97 Å². The van der Waals surface area contributed by atoms with Crippen molar-refractivity contribution in [1.29, 1.82) is 0 Å². The Balaban J connectivity index is 2.67. The summed E-state index contributed by atoms with van der Waals surface area (Å²) in [5, 5.41) is 8.59. The van der Waals surface area contributed by atoms with Crippen molar-refractivity contribution in [2.24, 2.45) is 5.92 Å². The third-order valence-corrected chi connectivity index (χ3v) is 2.28.